The molecular formula is C19H31N7O3. The SMILES string of the molecule is COCCCNc1nc2nonc2nc1N1CCCCC1CCN1CCOCC1. The van der Waals surface area contributed by atoms with Gasteiger partial charge in [-0.15, -0.1) is 0 Å². The Morgan fingerprint density at radius 3 is 2.76 bits per heavy atom. The quantitative estimate of drug-likeness (QED) is 0.618. The first-order valence-electron chi connectivity index (χ1n) is 10.6. The summed E-state index contributed by atoms with van der Waals surface area (Å²) >= 11 is 0. The highest BCUT2D eigenvalue weighted by molar-refractivity contribution is 5.74. The molecule has 2 aromatic heterocycles. The summed E-state index contributed by atoms with van der Waals surface area (Å²) in [7, 11) is 1.71. The van der Waals surface area contributed by atoms with Crippen molar-refractivity contribution in [3.05, 3.63) is 0 Å². The summed E-state index contributed by atoms with van der Waals surface area (Å²) < 4.78 is 15.5. The van der Waals surface area contributed by atoms with Crippen LogP contribution >= 0.6 is 0 Å². The largest absolute Gasteiger partial charge is 0.385 e. The van der Waals surface area contributed by atoms with Crippen molar-refractivity contribution in [2.75, 3.05) is 69.9 Å². The van der Waals surface area contributed by atoms with Gasteiger partial charge in [0.1, 0.15) is 0 Å². The molecule has 1 atom stereocenters. The fourth-order valence-corrected chi connectivity index (χ4v) is 4.11. The summed E-state index contributed by atoms with van der Waals surface area (Å²) in [6.07, 6.45) is 5.59. The maximum Gasteiger partial charge on any atom is 0.245 e. The minimum Gasteiger partial charge on any atom is -0.385 e. The van der Waals surface area contributed by atoms with E-state index in [1.807, 2.05) is 0 Å². The summed E-state index contributed by atoms with van der Waals surface area (Å²) in [6.45, 7) is 7.25. The van der Waals surface area contributed by atoms with Crippen molar-refractivity contribution in [2.24, 2.45) is 0 Å². The second-order valence-electron chi connectivity index (χ2n) is 7.67. The normalized spacial score (nSPS) is 21.0. The first-order valence-corrected chi connectivity index (χ1v) is 10.6. The first kappa shape index (κ1) is 20.2. The van der Waals surface area contributed by atoms with Gasteiger partial charge >= 0.3 is 0 Å². The Bertz CT molecular complexity index is 765. The number of anilines is 2. The Morgan fingerprint density at radius 1 is 1.10 bits per heavy atom. The summed E-state index contributed by atoms with van der Waals surface area (Å²) in [6, 6.07) is 0.442. The molecule has 10 nitrogen and oxygen atoms in total. The van der Waals surface area contributed by atoms with Gasteiger partial charge in [-0.3, -0.25) is 4.90 Å². The first-order chi connectivity index (χ1) is 14.3. The van der Waals surface area contributed by atoms with E-state index in [2.05, 4.69) is 30.4 Å². The maximum absolute atomic E-state index is 5.48. The van der Waals surface area contributed by atoms with Crippen molar-refractivity contribution in [2.45, 2.75) is 38.1 Å². The molecule has 2 aliphatic rings. The zero-order chi connectivity index (χ0) is 19.9. The molecule has 29 heavy (non-hydrogen) atoms. The highest BCUT2D eigenvalue weighted by atomic mass is 16.6. The molecule has 2 fully saturated rings. The predicted molar refractivity (Wildman–Crippen MR) is 109 cm³/mol. The number of hydrogen-bond donors (Lipinski definition) is 1. The highest BCUT2D eigenvalue weighted by Crippen LogP contribution is 2.31. The average molecular weight is 406 g/mol. The number of morpholine rings is 1. The van der Waals surface area contributed by atoms with Crippen molar-refractivity contribution in [3.8, 4) is 0 Å². The number of hydrogen-bond acceptors (Lipinski definition) is 10. The zero-order valence-corrected chi connectivity index (χ0v) is 17.2. The molecule has 0 radical (unpaired) electrons. The fourth-order valence-electron chi connectivity index (χ4n) is 4.11. The van der Waals surface area contributed by atoms with E-state index in [-0.39, 0.29) is 0 Å². The second-order valence-corrected chi connectivity index (χ2v) is 7.67. The molecule has 4 rings (SSSR count). The van der Waals surface area contributed by atoms with E-state index >= 15 is 0 Å². The molecule has 0 spiro atoms. The zero-order valence-electron chi connectivity index (χ0n) is 17.2. The monoisotopic (exact) mass is 405 g/mol. The van der Waals surface area contributed by atoms with Crippen LogP contribution in [-0.2, 0) is 9.47 Å². The van der Waals surface area contributed by atoms with Crippen molar-refractivity contribution in [3.63, 3.8) is 0 Å². The van der Waals surface area contributed by atoms with E-state index in [9.17, 15) is 0 Å². The van der Waals surface area contributed by atoms with Gasteiger partial charge in [-0.1, -0.05) is 0 Å². The molecule has 10 heteroatoms. The summed E-state index contributed by atoms with van der Waals surface area (Å²) in [5.74, 6) is 1.61. The topological polar surface area (TPSA) is 102 Å². The van der Waals surface area contributed by atoms with Crippen LogP contribution in [0.2, 0.25) is 0 Å². The Morgan fingerprint density at radius 2 is 1.93 bits per heavy atom. The number of methoxy groups -OCH3 is 1. The van der Waals surface area contributed by atoms with Crippen LogP contribution in [-0.4, -0.2) is 90.9 Å². The lowest BCUT2D eigenvalue weighted by molar-refractivity contribution is 0.0362. The lowest BCUT2D eigenvalue weighted by atomic mass is 9.99. The van der Waals surface area contributed by atoms with Gasteiger partial charge < -0.3 is 19.7 Å². The van der Waals surface area contributed by atoms with Crippen LogP contribution in [0.1, 0.15) is 32.1 Å². The second kappa shape index (κ2) is 10.1. The molecule has 0 bridgehead atoms. The van der Waals surface area contributed by atoms with Gasteiger partial charge in [0.05, 0.1) is 13.2 Å². The molecule has 2 aliphatic heterocycles. The van der Waals surface area contributed by atoms with Crippen molar-refractivity contribution in [1.82, 2.24) is 25.2 Å². The van der Waals surface area contributed by atoms with Gasteiger partial charge in [-0.05, 0) is 42.4 Å². The standard InChI is InChI=1S/C19H31N7O3/c1-27-12-4-7-20-18-19(22-17-16(21-18)23-29-24-17)26-8-3-2-5-15(26)6-9-25-10-13-28-14-11-25/h15H,2-14H2,1H3,(H,20,21,23). The van der Waals surface area contributed by atoms with Gasteiger partial charge in [-0.25, -0.2) is 14.6 Å². The molecule has 160 valence electrons. The molecule has 2 aromatic rings. The van der Waals surface area contributed by atoms with E-state index < -0.39 is 0 Å². The molecule has 1 unspecified atom stereocenters. The van der Waals surface area contributed by atoms with Gasteiger partial charge in [0.25, 0.3) is 0 Å². The minimum absolute atomic E-state index is 0.435. The lowest BCUT2D eigenvalue weighted by Gasteiger charge is -2.38. The number of rotatable bonds is 9. The molecule has 0 saturated carbocycles. The fraction of sp³-hybridized carbons (Fsp3) is 0.789. The average Bonchev–Trinajstić information content (AvgIpc) is 3.23. The van der Waals surface area contributed by atoms with Crippen LogP contribution in [0.3, 0.4) is 0 Å². The van der Waals surface area contributed by atoms with Crippen LogP contribution in [0.15, 0.2) is 4.63 Å². The van der Waals surface area contributed by atoms with Crippen molar-refractivity contribution in [1.29, 1.82) is 0 Å². The number of fused-ring (bicyclic) bond motifs is 1. The lowest BCUT2D eigenvalue weighted by Crippen LogP contribution is -2.44. The third kappa shape index (κ3) is 5.12. The number of nitrogens with one attached hydrogen (secondary N) is 1. The van der Waals surface area contributed by atoms with Gasteiger partial charge in [0.15, 0.2) is 11.6 Å². The van der Waals surface area contributed by atoms with Crippen LogP contribution < -0.4 is 10.2 Å². The van der Waals surface area contributed by atoms with Crippen LogP contribution in [0.5, 0.6) is 0 Å². The van der Waals surface area contributed by atoms with Crippen LogP contribution in [0.25, 0.3) is 11.3 Å². The Balaban J connectivity index is 1.50. The number of piperidine rings is 1. The minimum atomic E-state index is 0.435. The summed E-state index contributed by atoms with van der Waals surface area (Å²) in [5, 5.41) is 11.2. The van der Waals surface area contributed by atoms with Gasteiger partial charge in [-0.2, -0.15) is 0 Å². The Kier molecular flexibility index (Phi) is 7.07. The smallest absolute Gasteiger partial charge is 0.245 e. The summed E-state index contributed by atoms with van der Waals surface area (Å²) in [4.78, 5) is 14.3. The number of aromatic nitrogens is 4. The van der Waals surface area contributed by atoms with E-state index in [1.54, 1.807) is 7.11 Å². The Labute approximate surface area is 170 Å². The molecule has 1 N–H and O–H groups in total. The molecular weight excluding hydrogens is 374 g/mol. The molecule has 4 heterocycles. The molecule has 0 aromatic carbocycles. The third-order valence-corrected chi connectivity index (χ3v) is 5.70. The number of ether oxygens (including phenoxy) is 2. The van der Waals surface area contributed by atoms with Gasteiger partial charge in [0.2, 0.25) is 11.3 Å². The molecule has 0 aliphatic carbocycles. The van der Waals surface area contributed by atoms with Crippen LogP contribution in [0, 0.1) is 0 Å². The van der Waals surface area contributed by atoms with Crippen LogP contribution in [0.4, 0.5) is 11.6 Å². The van der Waals surface area contributed by atoms with E-state index in [0.29, 0.717) is 23.9 Å². The Hall–Kier alpha value is -2.04. The maximum atomic E-state index is 5.48. The van der Waals surface area contributed by atoms with E-state index in [4.69, 9.17) is 19.1 Å². The third-order valence-electron chi connectivity index (χ3n) is 5.70. The molecule has 0 amide bonds. The predicted octanol–water partition coefficient (Wildman–Crippen LogP) is 1.54. The summed E-state index contributed by atoms with van der Waals surface area (Å²) in [5.41, 5.74) is 0.893. The van der Waals surface area contributed by atoms with Gasteiger partial charge in [0, 0.05) is 52.5 Å². The van der Waals surface area contributed by atoms with Crippen molar-refractivity contribution < 1.29 is 14.1 Å². The van der Waals surface area contributed by atoms with Crippen molar-refractivity contribution >= 4 is 22.9 Å². The highest BCUT2D eigenvalue weighted by Gasteiger charge is 2.28. The van der Waals surface area contributed by atoms with E-state index in [1.165, 1.54) is 12.8 Å². The van der Waals surface area contributed by atoms with E-state index in [0.717, 1.165) is 76.8 Å². The number of nitrogens with zero attached hydrogens (tertiary/aromatic N) is 6. The molecule has 2 saturated heterocycles.